The van der Waals surface area contributed by atoms with Gasteiger partial charge in [0.1, 0.15) is 0 Å². The third-order valence-electron chi connectivity index (χ3n) is 1.83. The molecule has 0 fully saturated rings. The van der Waals surface area contributed by atoms with Crippen LogP contribution in [0.5, 0.6) is 0 Å². The summed E-state index contributed by atoms with van der Waals surface area (Å²) in [7, 11) is 0. The summed E-state index contributed by atoms with van der Waals surface area (Å²) in [6.07, 6.45) is 1.32. The molecule has 2 amide bonds. The van der Waals surface area contributed by atoms with E-state index in [1.807, 2.05) is 0 Å². The van der Waals surface area contributed by atoms with E-state index in [4.69, 9.17) is 0 Å². The first kappa shape index (κ1) is 11.2. The van der Waals surface area contributed by atoms with Gasteiger partial charge in [-0.15, -0.1) is 0 Å². The van der Waals surface area contributed by atoms with E-state index < -0.39 is 0 Å². The van der Waals surface area contributed by atoms with Crippen LogP contribution in [0.25, 0.3) is 0 Å². The fourth-order valence-corrected chi connectivity index (χ4v) is 1.07. The number of nitrogens with zero attached hydrogens (tertiary/aromatic N) is 1. The zero-order chi connectivity index (χ0) is 11.4. The molecule has 0 bridgehead atoms. The first-order chi connectivity index (χ1) is 7.04. The summed E-state index contributed by atoms with van der Waals surface area (Å²) in [6.45, 7) is 7.57. The molecular formula is C10H13N3O2. The molecule has 1 aliphatic rings. The van der Waals surface area contributed by atoms with Gasteiger partial charge >= 0.3 is 6.03 Å². The van der Waals surface area contributed by atoms with Crippen LogP contribution in [-0.4, -0.2) is 24.1 Å². The Morgan fingerprint density at radius 3 is 2.87 bits per heavy atom. The summed E-state index contributed by atoms with van der Waals surface area (Å²) < 4.78 is 0. The maximum Gasteiger partial charge on any atom is 0.319 e. The number of aliphatic imine (C=N–C) groups is 1. The first-order valence-electron chi connectivity index (χ1n) is 4.60. The van der Waals surface area contributed by atoms with Gasteiger partial charge in [0.05, 0.1) is 17.1 Å². The number of nitrogens with one attached hydrogen (secondary N) is 2. The molecule has 5 nitrogen and oxygen atoms in total. The molecule has 0 spiro atoms. The minimum absolute atomic E-state index is 0.214. The van der Waals surface area contributed by atoms with Gasteiger partial charge in [-0.2, -0.15) is 0 Å². The van der Waals surface area contributed by atoms with E-state index >= 15 is 0 Å². The summed E-state index contributed by atoms with van der Waals surface area (Å²) in [5.41, 5.74) is 1.11. The van der Waals surface area contributed by atoms with Gasteiger partial charge in [-0.05, 0) is 13.8 Å². The van der Waals surface area contributed by atoms with Gasteiger partial charge in [0.25, 0.3) is 0 Å². The van der Waals surface area contributed by atoms with Gasteiger partial charge < -0.3 is 10.6 Å². The van der Waals surface area contributed by atoms with Gasteiger partial charge in [0.15, 0.2) is 0 Å². The Kier molecular flexibility index (Phi) is 3.38. The molecular weight excluding hydrogens is 194 g/mol. The van der Waals surface area contributed by atoms with Gasteiger partial charge in [0, 0.05) is 12.6 Å². The van der Waals surface area contributed by atoms with E-state index in [-0.39, 0.29) is 11.8 Å². The highest BCUT2D eigenvalue weighted by atomic mass is 16.2. The van der Waals surface area contributed by atoms with E-state index in [1.54, 1.807) is 13.8 Å². The molecule has 80 valence electrons. The van der Waals surface area contributed by atoms with E-state index in [9.17, 15) is 9.59 Å². The lowest BCUT2D eigenvalue weighted by atomic mass is 10.1. The quantitative estimate of drug-likeness (QED) is 0.701. The third-order valence-corrected chi connectivity index (χ3v) is 1.83. The number of hydrogen-bond donors (Lipinski definition) is 2. The molecule has 0 aromatic heterocycles. The van der Waals surface area contributed by atoms with Gasteiger partial charge in [-0.1, -0.05) is 6.58 Å². The molecule has 0 saturated carbocycles. The normalized spacial score (nSPS) is 15.6. The van der Waals surface area contributed by atoms with Crippen molar-refractivity contribution in [1.82, 2.24) is 10.6 Å². The van der Waals surface area contributed by atoms with Crippen molar-refractivity contribution in [1.29, 1.82) is 0 Å². The Morgan fingerprint density at radius 1 is 1.60 bits per heavy atom. The molecule has 0 aromatic carbocycles. The van der Waals surface area contributed by atoms with Crippen LogP contribution >= 0.6 is 0 Å². The first-order valence-corrected chi connectivity index (χ1v) is 4.60. The van der Waals surface area contributed by atoms with Crippen LogP contribution in [-0.2, 0) is 4.79 Å². The number of urea groups is 1. The highest BCUT2D eigenvalue weighted by Crippen LogP contribution is 2.11. The van der Waals surface area contributed by atoms with E-state index in [0.29, 0.717) is 23.7 Å². The zero-order valence-corrected chi connectivity index (χ0v) is 8.76. The lowest BCUT2D eigenvalue weighted by molar-refractivity contribution is -0.109. The summed E-state index contributed by atoms with van der Waals surface area (Å²) in [5.74, 6) is -0.214. The van der Waals surface area contributed by atoms with Crippen molar-refractivity contribution in [2.24, 2.45) is 4.99 Å². The van der Waals surface area contributed by atoms with Crippen LogP contribution in [0.2, 0.25) is 0 Å². The highest BCUT2D eigenvalue weighted by molar-refractivity contribution is 6.44. The average molecular weight is 207 g/mol. The lowest BCUT2D eigenvalue weighted by Gasteiger charge is -2.13. The van der Waals surface area contributed by atoms with Crippen molar-refractivity contribution in [3.8, 4) is 0 Å². The Hall–Kier alpha value is -1.91. The Bertz CT molecular complexity index is 380. The molecule has 2 N–H and O–H groups in total. The molecule has 0 aromatic rings. The summed E-state index contributed by atoms with van der Waals surface area (Å²) in [5, 5.41) is 5.05. The minimum atomic E-state index is -0.368. The van der Waals surface area contributed by atoms with Crippen LogP contribution < -0.4 is 10.6 Å². The van der Waals surface area contributed by atoms with Crippen molar-refractivity contribution in [3.05, 3.63) is 24.0 Å². The minimum Gasteiger partial charge on any atom is -0.338 e. The molecule has 0 radical (unpaired) electrons. The second kappa shape index (κ2) is 4.54. The largest absolute Gasteiger partial charge is 0.338 e. The zero-order valence-electron chi connectivity index (χ0n) is 8.76. The molecule has 15 heavy (non-hydrogen) atoms. The number of ketones is 1. The number of carbonyl (C=O) groups excluding carboxylic acids is 2. The molecule has 0 saturated heterocycles. The predicted octanol–water partition coefficient (Wildman–Crippen LogP) is 0.747. The summed E-state index contributed by atoms with van der Waals surface area (Å²) >= 11 is 0. The Labute approximate surface area is 88.0 Å². The number of carbonyl (C=O) groups is 2. The second-order valence-electron chi connectivity index (χ2n) is 3.05. The smallest absolute Gasteiger partial charge is 0.319 e. The predicted molar refractivity (Wildman–Crippen MR) is 57.5 cm³/mol. The summed E-state index contributed by atoms with van der Waals surface area (Å²) in [4.78, 5) is 26.4. The topological polar surface area (TPSA) is 70.6 Å². The fraction of sp³-hybridized carbons (Fsp3) is 0.300. The molecule has 1 heterocycles. The van der Waals surface area contributed by atoms with E-state index in [0.717, 1.165) is 0 Å². The molecule has 5 heteroatoms. The van der Waals surface area contributed by atoms with Crippen molar-refractivity contribution in [2.75, 3.05) is 6.54 Å². The molecule has 0 unspecified atom stereocenters. The van der Waals surface area contributed by atoms with Crippen molar-refractivity contribution < 1.29 is 9.59 Å². The Balaban J connectivity index is 2.72. The monoisotopic (exact) mass is 207 g/mol. The maximum atomic E-state index is 11.3. The number of dihydropyridines is 1. The number of allylic oxidation sites excluding steroid dienone is 1. The van der Waals surface area contributed by atoms with E-state index in [2.05, 4.69) is 22.2 Å². The average Bonchev–Trinajstić information content (AvgIpc) is 2.14. The molecule has 0 atom stereocenters. The Morgan fingerprint density at radius 2 is 2.27 bits per heavy atom. The van der Waals surface area contributed by atoms with Crippen LogP contribution in [0.1, 0.15) is 13.8 Å². The standard InChI is InChI=1S/C10H13N3O2/c1-4-11-10(15)13-8-5-9(14)7(3)12-6(8)2/h5H,2,4H2,1,3H3,(H2,11,13,15). The third kappa shape index (κ3) is 2.77. The fourth-order valence-electron chi connectivity index (χ4n) is 1.07. The highest BCUT2D eigenvalue weighted by Gasteiger charge is 2.16. The molecule has 1 aliphatic heterocycles. The van der Waals surface area contributed by atoms with Crippen molar-refractivity contribution in [3.63, 3.8) is 0 Å². The maximum absolute atomic E-state index is 11.3. The summed E-state index contributed by atoms with van der Waals surface area (Å²) in [6, 6.07) is -0.368. The molecule has 1 rings (SSSR count). The van der Waals surface area contributed by atoms with Crippen molar-refractivity contribution in [2.45, 2.75) is 13.8 Å². The van der Waals surface area contributed by atoms with Gasteiger partial charge in [-0.3, -0.25) is 4.79 Å². The van der Waals surface area contributed by atoms with Crippen LogP contribution in [0, 0.1) is 0 Å². The second-order valence-corrected chi connectivity index (χ2v) is 3.05. The molecule has 0 aliphatic carbocycles. The van der Waals surface area contributed by atoms with Crippen LogP contribution in [0.3, 0.4) is 0 Å². The number of amides is 2. The van der Waals surface area contributed by atoms with Gasteiger partial charge in [0.2, 0.25) is 5.78 Å². The van der Waals surface area contributed by atoms with Crippen molar-refractivity contribution >= 4 is 17.5 Å². The number of rotatable bonds is 2. The van der Waals surface area contributed by atoms with Crippen LogP contribution in [0.15, 0.2) is 29.0 Å². The van der Waals surface area contributed by atoms with Gasteiger partial charge in [-0.25, -0.2) is 9.79 Å². The van der Waals surface area contributed by atoms with Crippen LogP contribution in [0.4, 0.5) is 4.79 Å². The SMILES string of the molecule is C=C1N=C(C)C(=O)C=C1NC(=O)NCC. The lowest BCUT2D eigenvalue weighted by Crippen LogP contribution is -2.36. The van der Waals surface area contributed by atoms with E-state index in [1.165, 1.54) is 6.08 Å². The number of hydrogen-bond acceptors (Lipinski definition) is 3.